The minimum Gasteiger partial charge on any atom is -0.380 e. The third kappa shape index (κ3) is 3.71. The van der Waals surface area contributed by atoms with Crippen molar-refractivity contribution in [2.45, 2.75) is 6.54 Å². The molecule has 30 heavy (non-hydrogen) atoms. The molecule has 2 aliphatic heterocycles. The van der Waals surface area contributed by atoms with Crippen LogP contribution in [0.15, 0.2) is 36.4 Å². The van der Waals surface area contributed by atoms with Crippen molar-refractivity contribution in [2.24, 2.45) is 11.3 Å². The van der Waals surface area contributed by atoms with Crippen LogP contribution < -0.4 is 16.2 Å². The normalized spacial score (nSPS) is 16.6. The molecule has 4 rings (SSSR count). The molecule has 10 heteroatoms. The van der Waals surface area contributed by atoms with Crippen LogP contribution in [-0.2, 0) is 11.3 Å². The molecule has 0 aromatic heterocycles. The van der Waals surface area contributed by atoms with Gasteiger partial charge in [-0.05, 0) is 30.3 Å². The van der Waals surface area contributed by atoms with E-state index in [9.17, 15) is 18.4 Å². The topological polar surface area (TPSA) is 87.9 Å². The molecule has 0 aliphatic carbocycles. The van der Waals surface area contributed by atoms with Crippen molar-refractivity contribution in [3.05, 3.63) is 64.2 Å². The van der Waals surface area contributed by atoms with Gasteiger partial charge in [0.1, 0.15) is 11.6 Å². The number of ether oxygens (including phenoxy) is 1. The lowest BCUT2D eigenvalue weighted by molar-refractivity contribution is -0.174. The second kappa shape index (κ2) is 7.82. The number of nitrogens with one attached hydrogen (secondary N) is 1. The molecular weight excluding hydrogens is 418 g/mol. The average Bonchev–Trinajstić information content (AvgIpc) is 2.66. The highest BCUT2D eigenvalue weighted by Gasteiger charge is 2.51. The lowest BCUT2D eigenvalue weighted by atomic mass is 9.78. The maximum atomic E-state index is 14.6. The first-order valence-electron chi connectivity index (χ1n) is 9.20. The zero-order valence-electron chi connectivity index (χ0n) is 15.8. The first-order chi connectivity index (χ1) is 14.3. The van der Waals surface area contributed by atoms with E-state index in [2.05, 4.69) is 0 Å². The van der Waals surface area contributed by atoms with E-state index in [0.717, 1.165) is 12.1 Å². The van der Waals surface area contributed by atoms with Crippen molar-refractivity contribution >= 4 is 29.2 Å². The number of benzene rings is 2. The third-order valence-corrected chi connectivity index (χ3v) is 5.65. The fourth-order valence-electron chi connectivity index (χ4n) is 3.64. The second-order valence-electron chi connectivity index (χ2n) is 7.60. The highest BCUT2D eigenvalue weighted by molar-refractivity contribution is 6.31. The maximum Gasteiger partial charge on any atom is 0.324 e. The molecule has 2 aliphatic rings. The summed E-state index contributed by atoms with van der Waals surface area (Å²) in [6.45, 7) is 2.17. The van der Waals surface area contributed by atoms with Crippen LogP contribution in [0.5, 0.6) is 0 Å². The number of hydrogen-bond acceptors (Lipinski definition) is 4. The van der Waals surface area contributed by atoms with Gasteiger partial charge in [0.2, 0.25) is 0 Å². The molecule has 2 aromatic rings. The number of likely N-dealkylation sites (tertiary alicyclic amines) is 1. The molecule has 3 amide bonds. The van der Waals surface area contributed by atoms with Crippen LogP contribution in [0.4, 0.5) is 19.3 Å². The number of hydrogen-bond donors (Lipinski definition) is 2. The summed E-state index contributed by atoms with van der Waals surface area (Å²) in [5.74, 6) is 3.15. The summed E-state index contributed by atoms with van der Waals surface area (Å²) in [6, 6.07) is 7.40. The van der Waals surface area contributed by atoms with Crippen LogP contribution in [-0.4, -0.2) is 43.1 Å². The van der Waals surface area contributed by atoms with E-state index in [1.165, 1.54) is 29.2 Å². The van der Waals surface area contributed by atoms with E-state index in [0.29, 0.717) is 32.0 Å². The molecule has 2 heterocycles. The minimum atomic E-state index is -0.672. The number of carbonyl (C=O) groups excluding carboxylic acids is 2. The molecule has 1 spiro atoms. The standard InChI is InChI=1S/C20H19ClF2N4O3/c21-15-6-14(3-4-16(15)22)27(19(29)26-8-20(9-26)10-30-11-20)7-13-2-1-12(5-17(13)23)18(28)25-24/h1-6H,7-11,24H2,(H,25,28). The molecular formula is C20H19ClF2N4O3. The minimum absolute atomic E-state index is 0.00422. The Balaban J connectivity index is 1.61. The number of rotatable bonds is 4. The Morgan fingerprint density at radius 1 is 1.17 bits per heavy atom. The maximum absolute atomic E-state index is 14.6. The molecule has 0 saturated carbocycles. The molecule has 3 N–H and O–H groups in total. The van der Waals surface area contributed by atoms with E-state index < -0.39 is 17.5 Å². The zero-order valence-corrected chi connectivity index (χ0v) is 16.6. The van der Waals surface area contributed by atoms with Crippen molar-refractivity contribution in [3.63, 3.8) is 0 Å². The van der Waals surface area contributed by atoms with Crippen LogP contribution in [0.3, 0.4) is 0 Å². The second-order valence-corrected chi connectivity index (χ2v) is 8.00. The lowest BCUT2D eigenvalue weighted by Crippen LogP contribution is -2.68. The highest BCUT2D eigenvalue weighted by atomic mass is 35.5. The number of carbonyl (C=O) groups is 2. The van der Waals surface area contributed by atoms with Gasteiger partial charge in [-0.3, -0.25) is 15.1 Å². The number of anilines is 1. The van der Waals surface area contributed by atoms with E-state index in [4.69, 9.17) is 22.2 Å². The van der Waals surface area contributed by atoms with Gasteiger partial charge in [0.05, 0.1) is 30.2 Å². The first kappa shape index (κ1) is 20.5. The van der Waals surface area contributed by atoms with Gasteiger partial charge in [-0.1, -0.05) is 17.7 Å². The molecule has 0 unspecified atom stereocenters. The number of amides is 3. The fraction of sp³-hybridized carbons (Fsp3) is 0.300. The van der Waals surface area contributed by atoms with Crippen molar-refractivity contribution in [3.8, 4) is 0 Å². The van der Waals surface area contributed by atoms with E-state index >= 15 is 0 Å². The molecule has 0 bridgehead atoms. The van der Waals surface area contributed by atoms with Crippen LogP contribution in [0.1, 0.15) is 15.9 Å². The quantitative estimate of drug-likeness (QED) is 0.438. The Bertz CT molecular complexity index is 1010. The van der Waals surface area contributed by atoms with Gasteiger partial charge in [0, 0.05) is 29.9 Å². The van der Waals surface area contributed by atoms with Gasteiger partial charge < -0.3 is 9.64 Å². The number of nitrogens with zero attached hydrogens (tertiary/aromatic N) is 2. The summed E-state index contributed by atoms with van der Waals surface area (Å²) in [6.07, 6.45) is 0. The van der Waals surface area contributed by atoms with Crippen molar-refractivity contribution in [1.29, 1.82) is 0 Å². The average molecular weight is 437 g/mol. The molecule has 2 saturated heterocycles. The molecule has 2 aromatic carbocycles. The molecule has 2 fully saturated rings. The molecule has 0 atom stereocenters. The van der Waals surface area contributed by atoms with Crippen molar-refractivity contribution < 1.29 is 23.1 Å². The number of nitrogen functional groups attached to an aromatic ring is 1. The first-order valence-corrected chi connectivity index (χ1v) is 9.58. The Kier molecular flexibility index (Phi) is 5.35. The summed E-state index contributed by atoms with van der Waals surface area (Å²) >= 11 is 5.90. The summed E-state index contributed by atoms with van der Waals surface area (Å²) in [7, 11) is 0. The van der Waals surface area contributed by atoms with E-state index in [1.54, 1.807) is 4.90 Å². The van der Waals surface area contributed by atoms with Gasteiger partial charge in [0.25, 0.3) is 5.91 Å². The van der Waals surface area contributed by atoms with E-state index in [1.807, 2.05) is 5.43 Å². The Morgan fingerprint density at radius 3 is 2.47 bits per heavy atom. The van der Waals surface area contributed by atoms with Crippen molar-refractivity contribution in [1.82, 2.24) is 10.3 Å². The van der Waals surface area contributed by atoms with Gasteiger partial charge in [-0.15, -0.1) is 0 Å². The SMILES string of the molecule is NNC(=O)c1ccc(CN(C(=O)N2CC3(COC3)C2)c2ccc(F)c(Cl)c2)c(F)c1. The molecule has 0 radical (unpaired) electrons. The number of hydrazine groups is 1. The number of urea groups is 1. The molecule has 7 nitrogen and oxygen atoms in total. The van der Waals surface area contributed by atoms with E-state index in [-0.39, 0.29) is 34.1 Å². The Labute approximate surface area is 176 Å². The monoisotopic (exact) mass is 436 g/mol. The highest BCUT2D eigenvalue weighted by Crippen LogP contribution is 2.39. The largest absolute Gasteiger partial charge is 0.380 e. The zero-order chi connectivity index (χ0) is 21.5. The Morgan fingerprint density at radius 2 is 1.90 bits per heavy atom. The summed E-state index contributed by atoms with van der Waals surface area (Å²) in [5, 5.41) is -0.145. The van der Waals surface area contributed by atoms with Crippen molar-refractivity contribution in [2.75, 3.05) is 31.2 Å². The number of halogens is 3. The summed E-state index contributed by atoms with van der Waals surface area (Å²) in [5.41, 5.74) is 2.51. The van der Waals surface area contributed by atoms with Gasteiger partial charge in [0.15, 0.2) is 0 Å². The summed E-state index contributed by atoms with van der Waals surface area (Å²) in [4.78, 5) is 27.7. The van der Waals surface area contributed by atoms with Crippen LogP contribution in [0.25, 0.3) is 0 Å². The predicted octanol–water partition coefficient (Wildman–Crippen LogP) is 2.68. The smallest absolute Gasteiger partial charge is 0.324 e. The van der Waals surface area contributed by atoms with Gasteiger partial charge in [-0.2, -0.15) is 0 Å². The third-order valence-electron chi connectivity index (χ3n) is 5.36. The van der Waals surface area contributed by atoms with Crippen LogP contribution >= 0.6 is 11.6 Å². The summed E-state index contributed by atoms with van der Waals surface area (Å²) < 4.78 is 33.5. The van der Waals surface area contributed by atoms with Gasteiger partial charge in [-0.25, -0.2) is 19.4 Å². The lowest BCUT2D eigenvalue weighted by Gasteiger charge is -2.55. The van der Waals surface area contributed by atoms with Crippen LogP contribution in [0, 0.1) is 17.0 Å². The van der Waals surface area contributed by atoms with Gasteiger partial charge >= 0.3 is 6.03 Å². The Hall–Kier alpha value is -2.75. The number of nitrogens with two attached hydrogens (primary N) is 1. The fourth-order valence-corrected chi connectivity index (χ4v) is 3.81. The predicted molar refractivity (Wildman–Crippen MR) is 106 cm³/mol. The van der Waals surface area contributed by atoms with Crippen LogP contribution in [0.2, 0.25) is 5.02 Å². The molecule has 158 valence electrons.